The highest BCUT2D eigenvalue weighted by Crippen LogP contribution is 2.49. The summed E-state index contributed by atoms with van der Waals surface area (Å²) < 4.78 is 0. The zero-order valence-corrected chi connectivity index (χ0v) is 31.6. The van der Waals surface area contributed by atoms with Gasteiger partial charge in [-0.1, -0.05) is 103 Å². The minimum Gasteiger partial charge on any atom is -0.252 e. The smallest absolute Gasteiger partial charge is 0.161 e. The lowest BCUT2D eigenvalue weighted by Crippen LogP contribution is -2.03. The van der Waals surface area contributed by atoms with Gasteiger partial charge >= 0.3 is 0 Å². The van der Waals surface area contributed by atoms with Gasteiger partial charge in [0.15, 0.2) is 11.6 Å². The highest BCUT2D eigenvalue weighted by molar-refractivity contribution is 6.17. The molecule has 0 aliphatic heterocycles. The first-order valence-corrected chi connectivity index (χ1v) is 19.5. The van der Waals surface area contributed by atoms with Crippen LogP contribution in [0.25, 0.3) is 122 Å². The molecule has 0 atom stereocenters. The normalized spacial score (nSPS) is 11.7. The average molecular weight is 769 g/mol. The second-order valence-corrected chi connectivity index (χ2v) is 14.6. The van der Waals surface area contributed by atoms with E-state index in [2.05, 4.69) is 40.5 Å². The molecule has 12 aromatic rings. The van der Waals surface area contributed by atoms with Crippen molar-refractivity contribution in [3.8, 4) is 56.5 Å². The van der Waals surface area contributed by atoms with Crippen molar-refractivity contribution < 1.29 is 0 Å². The number of fused-ring (bicyclic) bond motifs is 6. The monoisotopic (exact) mass is 768 g/mol. The Morgan fingerprint density at radius 2 is 0.967 bits per heavy atom. The van der Waals surface area contributed by atoms with Gasteiger partial charge in [0, 0.05) is 72.5 Å². The molecule has 12 rings (SSSR count). The molecule has 0 bridgehead atoms. The zero-order valence-electron chi connectivity index (χ0n) is 31.6. The summed E-state index contributed by atoms with van der Waals surface area (Å²) in [6, 6.07) is 48.4. The van der Waals surface area contributed by atoms with Crippen molar-refractivity contribution in [1.82, 2.24) is 50.3 Å². The highest BCUT2D eigenvalue weighted by Gasteiger charge is 2.28. The van der Waals surface area contributed by atoms with Crippen LogP contribution in [0.4, 0.5) is 0 Å². The standard InChI is InChI=1S/C50H28N10/c1-5-15-34-31(12-1)27-54-60-48(34)36-23-30-21-22-35(42-24-29-11-2-8-18-39(29)58-59-42)46(49-52-25-32-13-3-6-16-37(32)56-49)44(30)47(50-53-26-33-14-4-7-17-38(33)57-50)45(36)43-28-51-40-19-9-10-20-41(40)55-43/h1-28H. The fourth-order valence-corrected chi connectivity index (χ4v) is 8.22. The molecule has 60 heavy (non-hydrogen) atoms. The van der Waals surface area contributed by atoms with Crippen LogP contribution >= 0.6 is 0 Å². The number of hydrogen-bond acceptors (Lipinski definition) is 10. The van der Waals surface area contributed by atoms with Crippen LogP contribution in [0.3, 0.4) is 0 Å². The molecular formula is C50H28N10. The molecule has 0 N–H and O–H groups in total. The lowest BCUT2D eigenvalue weighted by molar-refractivity contribution is 1.06. The maximum atomic E-state index is 5.31. The van der Waals surface area contributed by atoms with E-state index in [0.717, 1.165) is 93.1 Å². The van der Waals surface area contributed by atoms with E-state index in [1.165, 1.54) is 0 Å². The maximum Gasteiger partial charge on any atom is 0.161 e. The van der Waals surface area contributed by atoms with Crippen molar-refractivity contribution in [3.05, 3.63) is 170 Å². The second-order valence-electron chi connectivity index (χ2n) is 14.6. The van der Waals surface area contributed by atoms with Crippen molar-refractivity contribution >= 4 is 65.3 Å². The molecule has 5 aromatic heterocycles. The van der Waals surface area contributed by atoms with Gasteiger partial charge in [-0.25, -0.2) is 24.9 Å². The first kappa shape index (κ1) is 33.6. The molecule has 0 saturated heterocycles. The number of aromatic nitrogens is 10. The van der Waals surface area contributed by atoms with Crippen molar-refractivity contribution in [3.63, 3.8) is 0 Å². The van der Waals surface area contributed by atoms with Crippen LogP contribution < -0.4 is 0 Å². The summed E-state index contributed by atoms with van der Waals surface area (Å²) >= 11 is 0. The SMILES string of the molecule is c1ccc2nnc(-c3ccc4cc(-c5nncc6ccccc56)c(-c5cnc6ccccc6n5)c(-c5ncc6ccccc6n5)c4c3-c3ncc4ccccc4n3)cc2c1. The van der Waals surface area contributed by atoms with Crippen molar-refractivity contribution in [2.75, 3.05) is 0 Å². The predicted octanol–water partition coefficient (Wildman–Crippen LogP) is 10.9. The molecule has 7 aromatic carbocycles. The Morgan fingerprint density at radius 3 is 1.73 bits per heavy atom. The molecule has 10 nitrogen and oxygen atoms in total. The molecular weight excluding hydrogens is 741 g/mol. The third kappa shape index (κ3) is 5.50. The van der Waals surface area contributed by atoms with E-state index in [-0.39, 0.29) is 0 Å². The van der Waals surface area contributed by atoms with E-state index >= 15 is 0 Å². The van der Waals surface area contributed by atoms with E-state index in [1.807, 2.05) is 134 Å². The molecule has 10 heteroatoms. The van der Waals surface area contributed by atoms with Crippen molar-refractivity contribution in [2.45, 2.75) is 0 Å². The van der Waals surface area contributed by atoms with Crippen molar-refractivity contribution in [2.24, 2.45) is 0 Å². The summed E-state index contributed by atoms with van der Waals surface area (Å²) in [5.74, 6) is 1.00. The van der Waals surface area contributed by atoms with Gasteiger partial charge in [-0.05, 0) is 47.9 Å². The third-order valence-corrected chi connectivity index (χ3v) is 11.0. The molecule has 278 valence electrons. The molecule has 0 fully saturated rings. The van der Waals surface area contributed by atoms with E-state index in [1.54, 1.807) is 6.20 Å². The van der Waals surface area contributed by atoms with Crippen LogP contribution in [0.15, 0.2) is 170 Å². The molecule has 0 unspecified atom stereocenters. The largest absolute Gasteiger partial charge is 0.252 e. The maximum absolute atomic E-state index is 5.31. The zero-order chi connectivity index (χ0) is 39.6. The Kier molecular flexibility index (Phi) is 7.60. The fourth-order valence-electron chi connectivity index (χ4n) is 8.22. The van der Waals surface area contributed by atoms with E-state index in [4.69, 9.17) is 40.1 Å². The molecule has 5 heterocycles. The van der Waals surface area contributed by atoms with Crippen LogP contribution in [0.1, 0.15) is 0 Å². The Bertz CT molecular complexity index is 3700. The van der Waals surface area contributed by atoms with Gasteiger partial charge in [0.2, 0.25) is 0 Å². The van der Waals surface area contributed by atoms with Gasteiger partial charge in [0.25, 0.3) is 0 Å². The van der Waals surface area contributed by atoms with Gasteiger partial charge < -0.3 is 0 Å². The number of para-hydroxylation sites is 4. The minimum atomic E-state index is 0.488. The molecule has 0 amide bonds. The fraction of sp³-hybridized carbons (Fsp3) is 0. The summed E-state index contributed by atoms with van der Waals surface area (Å²) in [5, 5.41) is 25.2. The Hall–Kier alpha value is -8.50. The summed E-state index contributed by atoms with van der Waals surface area (Å²) in [6.07, 6.45) is 7.35. The van der Waals surface area contributed by atoms with Crippen LogP contribution in [-0.4, -0.2) is 50.3 Å². The highest BCUT2D eigenvalue weighted by atomic mass is 15.1. The van der Waals surface area contributed by atoms with Crippen LogP contribution in [0, 0.1) is 0 Å². The molecule has 0 spiro atoms. The predicted molar refractivity (Wildman–Crippen MR) is 237 cm³/mol. The second kappa shape index (κ2) is 13.6. The third-order valence-electron chi connectivity index (χ3n) is 11.0. The van der Waals surface area contributed by atoms with Crippen LogP contribution in [-0.2, 0) is 0 Å². The molecule has 0 aliphatic rings. The van der Waals surface area contributed by atoms with Gasteiger partial charge in [-0.3, -0.25) is 4.98 Å². The summed E-state index contributed by atoms with van der Waals surface area (Å²) in [6.45, 7) is 0. The summed E-state index contributed by atoms with van der Waals surface area (Å²) in [4.78, 5) is 31.0. The van der Waals surface area contributed by atoms with Crippen LogP contribution in [0.5, 0.6) is 0 Å². The number of hydrogen-bond donors (Lipinski definition) is 0. The van der Waals surface area contributed by atoms with Gasteiger partial charge in [-0.2, -0.15) is 5.10 Å². The topological polar surface area (TPSA) is 129 Å². The number of rotatable bonds is 5. The van der Waals surface area contributed by atoms with Gasteiger partial charge in [0.1, 0.15) is 5.69 Å². The minimum absolute atomic E-state index is 0.488. The summed E-state index contributed by atoms with van der Waals surface area (Å²) in [5.41, 5.74) is 9.70. The molecule has 0 aliphatic carbocycles. The molecule has 0 radical (unpaired) electrons. The summed E-state index contributed by atoms with van der Waals surface area (Å²) in [7, 11) is 0. The van der Waals surface area contributed by atoms with E-state index in [9.17, 15) is 0 Å². The Labute approximate surface area is 341 Å². The quantitative estimate of drug-likeness (QED) is 0.167. The Morgan fingerprint density at radius 1 is 0.333 bits per heavy atom. The number of nitrogens with zero attached hydrogens (tertiary/aromatic N) is 10. The van der Waals surface area contributed by atoms with E-state index in [0.29, 0.717) is 28.7 Å². The van der Waals surface area contributed by atoms with Gasteiger partial charge in [-0.15, -0.1) is 15.3 Å². The van der Waals surface area contributed by atoms with Gasteiger partial charge in [0.05, 0.1) is 51.4 Å². The number of benzene rings is 7. The first-order chi connectivity index (χ1) is 29.7. The molecule has 0 saturated carbocycles. The lowest BCUT2D eigenvalue weighted by atomic mass is 9.85. The van der Waals surface area contributed by atoms with E-state index < -0.39 is 0 Å². The Balaban J connectivity index is 1.31. The average Bonchev–Trinajstić information content (AvgIpc) is 3.32. The lowest BCUT2D eigenvalue weighted by Gasteiger charge is -2.21. The van der Waals surface area contributed by atoms with Crippen LogP contribution in [0.2, 0.25) is 0 Å². The van der Waals surface area contributed by atoms with Crippen molar-refractivity contribution in [1.29, 1.82) is 0 Å². The first-order valence-electron chi connectivity index (χ1n) is 19.5.